The summed E-state index contributed by atoms with van der Waals surface area (Å²) in [6.07, 6.45) is 0. The van der Waals surface area contributed by atoms with Gasteiger partial charge < -0.3 is 9.58 Å². The molecule has 28 valence electrons. The Hall–Kier alpha value is -0.583. The van der Waals surface area contributed by atoms with Gasteiger partial charge in [-0.2, -0.15) is 0 Å². The zero-order valence-corrected chi connectivity index (χ0v) is 3.50. The molecular formula is H2N2O2Si. The molecule has 0 aromatic carbocycles. The Labute approximate surface area is 30.5 Å². The summed E-state index contributed by atoms with van der Waals surface area (Å²) in [6.45, 7) is 0. The van der Waals surface area contributed by atoms with Crippen LogP contribution in [0.15, 0.2) is 5.34 Å². The van der Waals surface area contributed by atoms with Crippen molar-refractivity contribution in [2.24, 2.45) is 5.34 Å². The Kier molecular flexibility index (Phi) is 3.02. The Balaban J connectivity index is 2.65. The molecule has 5 heavy (non-hydrogen) atoms. The van der Waals surface area contributed by atoms with Crippen LogP contribution < -0.4 is 0 Å². The first-order valence-electron chi connectivity index (χ1n) is 0.890. The van der Waals surface area contributed by atoms with Crippen molar-refractivity contribution < 1.29 is 4.53 Å². The van der Waals surface area contributed by atoms with Gasteiger partial charge in [0.15, 0.2) is 0 Å². The monoisotopic (exact) mass is 90.0 g/mol. The molecule has 0 aliphatic carbocycles. The van der Waals surface area contributed by atoms with Crippen LogP contribution in [0.25, 0.3) is 0 Å². The van der Waals surface area contributed by atoms with Gasteiger partial charge >= 0.3 is 9.56 Å². The summed E-state index contributed by atoms with van der Waals surface area (Å²) < 4.78 is 3.65. The summed E-state index contributed by atoms with van der Waals surface area (Å²) in [5.74, 6) is 0. The summed E-state index contributed by atoms with van der Waals surface area (Å²) in [5.41, 5.74) is 0. The predicted octanol–water partition coefficient (Wildman–Crippen LogP) is -0.202. The molecular weight excluding hydrogens is 88.1 g/mol. The van der Waals surface area contributed by atoms with Gasteiger partial charge in [-0.05, 0) is 0 Å². The molecule has 0 radical (unpaired) electrons. The summed E-state index contributed by atoms with van der Waals surface area (Å²) in [7, 11) is -0.943. The molecule has 0 saturated carbocycles. The highest BCUT2D eigenvalue weighted by Gasteiger charge is 1.58. The van der Waals surface area contributed by atoms with E-state index >= 15 is 0 Å². The Bertz CT molecular complexity index is 36.9. The van der Waals surface area contributed by atoms with Gasteiger partial charge in [0.1, 0.15) is 5.34 Å². The molecule has 0 aliphatic rings. The first-order chi connectivity index (χ1) is 2.41. The van der Waals surface area contributed by atoms with Crippen LogP contribution in [0.5, 0.6) is 0 Å². The highest BCUT2D eigenvalue weighted by Crippen LogP contribution is 1.54. The molecule has 0 rings (SSSR count). The molecule has 0 fully saturated rings. The van der Waals surface area contributed by atoms with Crippen LogP contribution >= 0.6 is 0 Å². The van der Waals surface area contributed by atoms with Crippen molar-refractivity contribution in [3.63, 3.8) is 0 Å². The fraction of sp³-hybridized carbons (Fsp3) is 0. The second-order valence-corrected chi connectivity index (χ2v) is 0.744. The molecule has 0 aliphatic heterocycles. The maximum atomic E-state index is 8.83. The summed E-state index contributed by atoms with van der Waals surface area (Å²) in [4.78, 5) is 8.83. The van der Waals surface area contributed by atoms with Crippen molar-refractivity contribution in [2.45, 2.75) is 0 Å². The van der Waals surface area contributed by atoms with E-state index in [1.165, 1.54) is 0 Å². The van der Waals surface area contributed by atoms with Crippen LogP contribution in [-0.4, -0.2) is 9.56 Å². The summed E-state index contributed by atoms with van der Waals surface area (Å²) in [6, 6.07) is 0. The van der Waals surface area contributed by atoms with Crippen LogP contribution in [0.4, 0.5) is 0 Å². The number of rotatable bonds is 2. The standard InChI is InChI=1S/H2N2O2Si/c1-5-4-2-3/h1,5H. The van der Waals surface area contributed by atoms with Crippen molar-refractivity contribution >= 4 is 9.56 Å². The molecule has 1 N–H and O–H groups in total. The number of nitrogens with one attached hydrogen (secondary N) is 1. The Morgan fingerprint density at radius 3 is 2.60 bits per heavy atom. The van der Waals surface area contributed by atoms with E-state index in [2.05, 4.69) is 4.53 Å². The van der Waals surface area contributed by atoms with Gasteiger partial charge in [-0.3, -0.25) is 0 Å². The van der Waals surface area contributed by atoms with Gasteiger partial charge in [0, 0.05) is 0 Å². The predicted molar refractivity (Wildman–Crippen MR) is 16.7 cm³/mol. The normalized spacial score (nSPS) is 5.60. The van der Waals surface area contributed by atoms with Crippen LogP contribution in [0.2, 0.25) is 0 Å². The van der Waals surface area contributed by atoms with Gasteiger partial charge in [-0.1, -0.05) is 0 Å². The second-order valence-electron chi connectivity index (χ2n) is 0.298. The molecule has 4 nitrogen and oxygen atoms in total. The lowest BCUT2D eigenvalue weighted by Crippen LogP contribution is -1.68. The lowest BCUT2D eigenvalue weighted by molar-refractivity contribution is 0.361. The first-order valence-corrected chi connectivity index (χ1v) is 1.94. The highest BCUT2D eigenvalue weighted by atomic mass is 28.2. The zero-order valence-electron chi connectivity index (χ0n) is 2.34. The molecule has 5 heteroatoms. The van der Waals surface area contributed by atoms with Crippen LogP contribution in [0, 0.1) is 9.96 Å². The highest BCUT2D eigenvalue weighted by molar-refractivity contribution is 6.08. The molecule has 0 unspecified atom stereocenters. The van der Waals surface area contributed by atoms with E-state index < -0.39 is 9.56 Å². The smallest absolute Gasteiger partial charge is 0.374 e. The topological polar surface area (TPSA) is 62.5 Å². The Morgan fingerprint density at radius 2 is 2.60 bits per heavy atom. The fourth-order valence-corrected chi connectivity index (χ4v) is 0.0645. The van der Waals surface area contributed by atoms with Gasteiger partial charge in [0.25, 0.3) is 0 Å². The number of hydrogen-bond acceptors (Lipinski definition) is 4. The molecule has 0 heterocycles. The third-order valence-corrected chi connectivity index (χ3v) is 0.287. The SMILES string of the molecule is N=[SiH]ON=O. The van der Waals surface area contributed by atoms with E-state index in [-0.39, 0.29) is 0 Å². The van der Waals surface area contributed by atoms with E-state index in [4.69, 9.17) is 9.96 Å². The average molecular weight is 90.1 g/mol. The minimum atomic E-state index is -0.943. The number of hydrogen-bond donors (Lipinski definition) is 1. The third-order valence-electron chi connectivity index (χ3n) is 0.0957. The van der Waals surface area contributed by atoms with E-state index in [1.54, 1.807) is 0 Å². The van der Waals surface area contributed by atoms with Crippen molar-refractivity contribution in [1.29, 1.82) is 5.05 Å². The van der Waals surface area contributed by atoms with Crippen molar-refractivity contribution in [3.8, 4) is 0 Å². The Morgan fingerprint density at radius 1 is 2.00 bits per heavy atom. The molecule has 0 atom stereocenters. The van der Waals surface area contributed by atoms with Crippen molar-refractivity contribution in [2.75, 3.05) is 0 Å². The molecule has 0 aromatic rings. The third kappa shape index (κ3) is 3.42. The molecule has 0 saturated heterocycles. The molecule has 0 spiro atoms. The lowest BCUT2D eigenvalue weighted by Gasteiger charge is -1.66. The summed E-state index contributed by atoms with van der Waals surface area (Å²) >= 11 is 0. The minimum Gasteiger partial charge on any atom is -0.378 e. The minimum absolute atomic E-state index is 0.943. The van der Waals surface area contributed by atoms with E-state index in [0.717, 1.165) is 0 Å². The van der Waals surface area contributed by atoms with Gasteiger partial charge in [-0.15, -0.1) is 4.91 Å². The lowest BCUT2D eigenvalue weighted by atomic mass is 13.4. The average Bonchev–Trinajstić information content (AvgIpc) is 1.41. The first kappa shape index (κ1) is 4.42. The maximum absolute atomic E-state index is 8.83. The second kappa shape index (κ2) is 3.42. The van der Waals surface area contributed by atoms with E-state index in [0.29, 0.717) is 0 Å². The van der Waals surface area contributed by atoms with Gasteiger partial charge in [0.2, 0.25) is 0 Å². The van der Waals surface area contributed by atoms with Crippen LogP contribution in [-0.2, 0) is 4.53 Å². The quantitative estimate of drug-likeness (QED) is 0.290. The van der Waals surface area contributed by atoms with E-state index in [9.17, 15) is 0 Å². The largest absolute Gasteiger partial charge is 0.378 e. The van der Waals surface area contributed by atoms with Gasteiger partial charge in [0.05, 0.1) is 0 Å². The van der Waals surface area contributed by atoms with Gasteiger partial charge in [-0.25, -0.2) is 0 Å². The molecule has 0 bridgehead atoms. The zero-order chi connectivity index (χ0) is 4.12. The van der Waals surface area contributed by atoms with E-state index in [1.807, 2.05) is 5.34 Å². The maximum Gasteiger partial charge on any atom is 0.374 e. The molecule has 0 aromatic heterocycles. The van der Waals surface area contributed by atoms with Crippen LogP contribution in [0.1, 0.15) is 0 Å². The molecule has 0 amide bonds. The summed E-state index contributed by atoms with van der Waals surface area (Å²) in [5, 5.41) is 8.12. The van der Waals surface area contributed by atoms with Crippen molar-refractivity contribution in [3.05, 3.63) is 4.91 Å². The number of nitrogens with zero attached hydrogens (tertiary/aromatic N) is 1. The van der Waals surface area contributed by atoms with Crippen LogP contribution in [0.3, 0.4) is 0 Å². The van der Waals surface area contributed by atoms with Crippen molar-refractivity contribution in [1.82, 2.24) is 0 Å². The fourth-order valence-electron chi connectivity index (χ4n) is 0.0215.